The molecule has 0 atom stereocenters. The molecule has 0 spiro atoms. The molecule has 0 saturated carbocycles. The number of carboxylic acid groups (broad SMARTS) is 1. The molecule has 2 aromatic rings. The average molecular weight is 215 g/mol. The standard InChI is InChI=1S/C13H13NO2/c1-8-5-9(2)13-11(6-8)10(7-14-13)3-4-12(15)16/h3-7,14H,1-2H3,(H,15,16)/b4-3+. The van der Waals surface area contributed by atoms with Gasteiger partial charge < -0.3 is 10.1 Å². The van der Waals surface area contributed by atoms with Gasteiger partial charge in [0, 0.05) is 28.7 Å². The van der Waals surface area contributed by atoms with Crippen molar-refractivity contribution < 1.29 is 9.90 Å². The summed E-state index contributed by atoms with van der Waals surface area (Å²) in [4.78, 5) is 13.6. The summed E-state index contributed by atoms with van der Waals surface area (Å²) in [6.07, 6.45) is 4.59. The van der Waals surface area contributed by atoms with Gasteiger partial charge >= 0.3 is 5.97 Å². The van der Waals surface area contributed by atoms with E-state index in [9.17, 15) is 4.79 Å². The summed E-state index contributed by atoms with van der Waals surface area (Å²) < 4.78 is 0. The minimum absolute atomic E-state index is 0.907. The van der Waals surface area contributed by atoms with Crippen LogP contribution in [0.3, 0.4) is 0 Å². The van der Waals surface area contributed by atoms with Crippen molar-refractivity contribution in [1.29, 1.82) is 0 Å². The number of rotatable bonds is 2. The second-order valence-corrected chi connectivity index (χ2v) is 3.92. The van der Waals surface area contributed by atoms with Crippen LogP contribution in [0.2, 0.25) is 0 Å². The van der Waals surface area contributed by atoms with Crippen molar-refractivity contribution in [3.05, 3.63) is 41.1 Å². The van der Waals surface area contributed by atoms with Crippen molar-refractivity contribution in [2.75, 3.05) is 0 Å². The van der Waals surface area contributed by atoms with E-state index in [0.717, 1.165) is 22.5 Å². The van der Waals surface area contributed by atoms with Crippen molar-refractivity contribution in [3.8, 4) is 0 Å². The first-order chi connectivity index (χ1) is 7.58. The van der Waals surface area contributed by atoms with E-state index in [2.05, 4.69) is 17.1 Å². The Morgan fingerprint density at radius 1 is 1.38 bits per heavy atom. The smallest absolute Gasteiger partial charge is 0.328 e. The Morgan fingerprint density at radius 3 is 2.81 bits per heavy atom. The van der Waals surface area contributed by atoms with Crippen molar-refractivity contribution in [3.63, 3.8) is 0 Å². The Hall–Kier alpha value is -2.03. The SMILES string of the molecule is Cc1cc(C)c2[nH]cc(/C=C/C(=O)O)c2c1. The van der Waals surface area contributed by atoms with Gasteiger partial charge in [-0.2, -0.15) is 0 Å². The molecule has 0 aliphatic carbocycles. The van der Waals surface area contributed by atoms with Crippen LogP contribution in [-0.4, -0.2) is 16.1 Å². The van der Waals surface area contributed by atoms with Crippen LogP contribution < -0.4 is 0 Å². The topological polar surface area (TPSA) is 53.1 Å². The average Bonchev–Trinajstić information content (AvgIpc) is 2.58. The third kappa shape index (κ3) is 1.84. The van der Waals surface area contributed by atoms with E-state index in [1.807, 2.05) is 20.0 Å². The molecule has 3 heteroatoms. The number of hydrogen-bond acceptors (Lipinski definition) is 1. The van der Waals surface area contributed by atoms with Crippen molar-refractivity contribution in [1.82, 2.24) is 4.98 Å². The van der Waals surface area contributed by atoms with Gasteiger partial charge in [0.25, 0.3) is 0 Å². The zero-order valence-electron chi connectivity index (χ0n) is 9.24. The number of fused-ring (bicyclic) bond motifs is 1. The summed E-state index contributed by atoms with van der Waals surface area (Å²) in [5.74, 6) is -0.932. The molecule has 1 aromatic heterocycles. The number of aromatic nitrogens is 1. The monoisotopic (exact) mass is 215 g/mol. The highest BCUT2D eigenvalue weighted by Crippen LogP contribution is 2.24. The van der Waals surface area contributed by atoms with E-state index in [1.54, 1.807) is 6.08 Å². The van der Waals surface area contributed by atoms with E-state index in [0.29, 0.717) is 0 Å². The molecule has 3 nitrogen and oxygen atoms in total. The largest absolute Gasteiger partial charge is 0.478 e. The quantitative estimate of drug-likeness (QED) is 0.757. The fraction of sp³-hybridized carbons (Fsp3) is 0.154. The van der Waals surface area contributed by atoms with E-state index >= 15 is 0 Å². The summed E-state index contributed by atoms with van der Waals surface area (Å²) in [5.41, 5.74) is 4.32. The Balaban J connectivity index is 2.60. The molecule has 0 bridgehead atoms. The molecule has 1 aromatic carbocycles. The normalized spacial score (nSPS) is 11.4. The van der Waals surface area contributed by atoms with Crippen LogP contribution in [0, 0.1) is 13.8 Å². The molecule has 1 heterocycles. The van der Waals surface area contributed by atoms with Crippen molar-refractivity contribution >= 4 is 22.9 Å². The molecular weight excluding hydrogens is 202 g/mol. The van der Waals surface area contributed by atoms with Gasteiger partial charge in [-0.1, -0.05) is 11.6 Å². The highest BCUT2D eigenvalue weighted by Gasteiger charge is 2.04. The molecule has 82 valence electrons. The minimum Gasteiger partial charge on any atom is -0.478 e. The molecule has 0 aliphatic rings. The summed E-state index contributed by atoms with van der Waals surface area (Å²) in [7, 11) is 0. The van der Waals surface area contributed by atoms with Crippen LogP contribution >= 0.6 is 0 Å². The van der Waals surface area contributed by atoms with E-state index in [1.165, 1.54) is 11.1 Å². The van der Waals surface area contributed by atoms with Gasteiger partial charge in [0.15, 0.2) is 0 Å². The summed E-state index contributed by atoms with van der Waals surface area (Å²) in [5, 5.41) is 9.66. The van der Waals surface area contributed by atoms with Crippen LogP contribution in [0.15, 0.2) is 24.4 Å². The number of aromatic amines is 1. The van der Waals surface area contributed by atoms with E-state index in [4.69, 9.17) is 5.11 Å². The number of aliphatic carboxylic acids is 1. The Kier molecular flexibility index (Phi) is 2.52. The van der Waals surface area contributed by atoms with Gasteiger partial charge in [0.05, 0.1) is 0 Å². The zero-order valence-corrected chi connectivity index (χ0v) is 9.24. The van der Waals surface area contributed by atoms with Gasteiger partial charge in [0.2, 0.25) is 0 Å². The second-order valence-electron chi connectivity index (χ2n) is 3.92. The molecule has 16 heavy (non-hydrogen) atoms. The van der Waals surface area contributed by atoms with Crippen molar-refractivity contribution in [2.24, 2.45) is 0 Å². The summed E-state index contributed by atoms with van der Waals surface area (Å²) in [6, 6.07) is 4.16. The number of H-pyrrole nitrogens is 1. The van der Waals surface area contributed by atoms with Crippen LogP contribution in [-0.2, 0) is 4.79 Å². The Morgan fingerprint density at radius 2 is 2.12 bits per heavy atom. The summed E-state index contributed by atoms with van der Waals surface area (Å²) >= 11 is 0. The van der Waals surface area contributed by atoms with Crippen LogP contribution in [0.4, 0.5) is 0 Å². The number of nitrogens with one attached hydrogen (secondary N) is 1. The molecular formula is C13H13NO2. The maximum absolute atomic E-state index is 10.5. The zero-order chi connectivity index (χ0) is 11.7. The summed E-state index contributed by atoms with van der Waals surface area (Å²) in [6.45, 7) is 4.07. The third-order valence-electron chi connectivity index (χ3n) is 2.57. The molecule has 0 radical (unpaired) electrons. The lowest BCUT2D eigenvalue weighted by Gasteiger charge is -1.99. The minimum atomic E-state index is -0.932. The molecule has 0 unspecified atom stereocenters. The lowest BCUT2D eigenvalue weighted by molar-refractivity contribution is -0.131. The first-order valence-electron chi connectivity index (χ1n) is 5.07. The number of aryl methyl sites for hydroxylation is 2. The van der Waals surface area contributed by atoms with Gasteiger partial charge in [-0.05, 0) is 31.6 Å². The van der Waals surface area contributed by atoms with Crippen LogP contribution in [0.25, 0.3) is 17.0 Å². The number of benzene rings is 1. The van der Waals surface area contributed by atoms with E-state index < -0.39 is 5.97 Å². The first-order valence-corrected chi connectivity index (χ1v) is 5.07. The third-order valence-corrected chi connectivity index (χ3v) is 2.57. The molecule has 2 rings (SSSR count). The molecule has 0 saturated heterocycles. The molecule has 2 N–H and O–H groups in total. The lowest BCUT2D eigenvalue weighted by atomic mass is 10.1. The van der Waals surface area contributed by atoms with Gasteiger partial charge in [0.1, 0.15) is 0 Å². The lowest BCUT2D eigenvalue weighted by Crippen LogP contribution is -1.85. The highest BCUT2D eigenvalue weighted by atomic mass is 16.4. The second kappa shape index (κ2) is 3.85. The Bertz CT molecular complexity index is 579. The van der Waals surface area contributed by atoms with Gasteiger partial charge in [-0.3, -0.25) is 0 Å². The predicted molar refractivity (Wildman–Crippen MR) is 64.4 cm³/mol. The van der Waals surface area contributed by atoms with Gasteiger partial charge in [-0.15, -0.1) is 0 Å². The number of carboxylic acids is 1. The number of hydrogen-bond donors (Lipinski definition) is 2. The fourth-order valence-electron chi connectivity index (χ4n) is 1.91. The number of carbonyl (C=O) groups is 1. The first kappa shape index (κ1) is 10.5. The predicted octanol–water partition coefficient (Wildman–Crippen LogP) is 2.88. The van der Waals surface area contributed by atoms with Gasteiger partial charge in [-0.25, -0.2) is 4.79 Å². The van der Waals surface area contributed by atoms with Crippen LogP contribution in [0.1, 0.15) is 16.7 Å². The molecule has 0 fully saturated rings. The van der Waals surface area contributed by atoms with Crippen molar-refractivity contribution in [2.45, 2.75) is 13.8 Å². The Labute approximate surface area is 93.4 Å². The van der Waals surface area contributed by atoms with Crippen LogP contribution in [0.5, 0.6) is 0 Å². The molecule has 0 amide bonds. The van der Waals surface area contributed by atoms with E-state index in [-0.39, 0.29) is 0 Å². The fourth-order valence-corrected chi connectivity index (χ4v) is 1.91. The maximum atomic E-state index is 10.5. The highest BCUT2D eigenvalue weighted by molar-refractivity contribution is 5.94. The maximum Gasteiger partial charge on any atom is 0.328 e. The molecule has 0 aliphatic heterocycles.